The summed E-state index contributed by atoms with van der Waals surface area (Å²) >= 11 is 0. The Labute approximate surface area is 139 Å². The molecular weight excluding hydrogens is 288 g/mol. The van der Waals surface area contributed by atoms with Gasteiger partial charge < -0.3 is 14.7 Å². The van der Waals surface area contributed by atoms with Crippen LogP contribution in [-0.2, 0) is 4.79 Å². The van der Waals surface area contributed by atoms with Crippen LogP contribution in [0, 0.1) is 5.92 Å². The van der Waals surface area contributed by atoms with E-state index in [1.807, 2.05) is 17.2 Å². The monoisotopic (exact) mass is 316 g/mol. The Kier molecular flexibility index (Phi) is 5.49. The van der Waals surface area contributed by atoms with E-state index in [-0.39, 0.29) is 0 Å². The van der Waals surface area contributed by atoms with Crippen LogP contribution in [0.4, 0.5) is 5.69 Å². The molecule has 2 aliphatic heterocycles. The lowest BCUT2D eigenvalue weighted by atomic mass is 10.0. The number of hydrogen-bond donors (Lipinski definition) is 0. The number of carbonyl (C=O) groups is 1. The van der Waals surface area contributed by atoms with E-state index in [1.165, 1.54) is 12.8 Å². The number of hydrogen-bond acceptors (Lipinski definition) is 4. The van der Waals surface area contributed by atoms with Gasteiger partial charge in [0.05, 0.1) is 11.9 Å². The smallest absolute Gasteiger partial charge is 0.223 e. The topological polar surface area (TPSA) is 39.7 Å². The highest BCUT2D eigenvalue weighted by Gasteiger charge is 2.22. The van der Waals surface area contributed by atoms with E-state index in [9.17, 15) is 4.79 Å². The lowest BCUT2D eigenvalue weighted by molar-refractivity contribution is -0.131. The minimum atomic E-state index is 0.314. The highest BCUT2D eigenvalue weighted by Crippen LogP contribution is 2.17. The molecule has 0 unspecified atom stereocenters. The van der Waals surface area contributed by atoms with Crippen LogP contribution in [0.25, 0.3) is 0 Å². The van der Waals surface area contributed by atoms with Gasteiger partial charge in [0.2, 0.25) is 5.91 Å². The summed E-state index contributed by atoms with van der Waals surface area (Å²) < 4.78 is 0. The number of piperidine rings is 1. The molecule has 0 radical (unpaired) electrons. The second kappa shape index (κ2) is 7.77. The molecule has 2 aliphatic rings. The maximum Gasteiger partial charge on any atom is 0.223 e. The van der Waals surface area contributed by atoms with Gasteiger partial charge in [-0.25, -0.2) is 0 Å². The van der Waals surface area contributed by atoms with E-state index in [0.29, 0.717) is 12.3 Å². The average Bonchev–Trinajstić information content (AvgIpc) is 2.61. The molecule has 1 aromatic rings. The number of pyridine rings is 1. The third kappa shape index (κ3) is 4.44. The number of carbonyl (C=O) groups excluding carboxylic acids is 1. The first-order valence-electron chi connectivity index (χ1n) is 8.87. The number of piperazine rings is 1. The molecule has 0 N–H and O–H groups in total. The van der Waals surface area contributed by atoms with Crippen LogP contribution in [0.15, 0.2) is 24.5 Å². The van der Waals surface area contributed by atoms with Crippen molar-refractivity contribution in [3.63, 3.8) is 0 Å². The molecule has 1 aromatic heterocycles. The SMILES string of the molecule is C[C@H]1CCCN(CCC(=O)N2CCN(c3cccnc3)CC2)C1. The van der Waals surface area contributed by atoms with Crippen LogP contribution in [0.1, 0.15) is 26.2 Å². The van der Waals surface area contributed by atoms with Crippen LogP contribution < -0.4 is 4.90 Å². The molecule has 0 bridgehead atoms. The van der Waals surface area contributed by atoms with Crippen molar-refractivity contribution < 1.29 is 4.79 Å². The molecule has 3 rings (SSSR count). The first-order chi connectivity index (χ1) is 11.2. The van der Waals surface area contributed by atoms with Gasteiger partial charge in [-0.3, -0.25) is 9.78 Å². The molecule has 2 saturated heterocycles. The summed E-state index contributed by atoms with van der Waals surface area (Å²) in [4.78, 5) is 23.4. The molecular formula is C18H28N4O. The lowest BCUT2D eigenvalue weighted by Crippen LogP contribution is -2.49. The molecule has 23 heavy (non-hydrogen) atoms. The molecule has 5 nitrogen and oxygen atoms in total. The number of likely N-dealkylation sites (tertiary alicyclic amines) is 1. The van der Waals surface area contributed by atoms with Gasteiger partial charge in [0, 0.05) is 51.9 Å². The first kappa shape index (κ1) is 16.2. The highest BCUT2D eigenvalue weighted by molar-refractivity contribution is 5.76. The van der Waals surface area contributed by atoms with Crippen LogP contribution in [-0.4, -0.2) is 66.5 Å². The van der Waals surface area contributed by atoms with Crippen molar-refractivity contribution in [2.45, 2.75) is 26.2 Å². The van der Waals surface area contributed by atoms with Gasteiger partial charge in [0.25, 0.3) is 0 Å². The zero-order chi connectivity index (χ0) is 16.1. The van der Waals surface area contributed by atoms with E-state index in [1.54, 1.807) is 6.20 Å². The third-order valence-corrected chi connectivity index (χ3v) is 5.03. The van der Waals surface area contributed by atoms with Crippen molar-refractivity contribution >= 4 is 11.6 Å². The normalized spacial score (nSPS) is 23.1. The van der Waals surface area contributed by atoms with Gasteiger partial charge >= 0.3 is 0 Å². The molecule has 5 heteroatoms. The Bertz CT molecular complexity index is 499. The predicted octanol–water partition coefficient (Wildman–Crippen LogP) is 1.85. The van der Waals surface area contributed by atoms with Gasteiger partial charge in [-0.05, 0) is 37.4 Å². The average molecular weight is 316 g/mol. The van der Waals surface area contributed by atoms with Gasteiger partial charge in [-0.15, -0.1) is 0 Å². The third-order valence-electron chi connectivity index (χ3n) is 5.03. The standard InChI is InChI=1S/C18H28N4O/c1-16-4-3-8-20(15-16)9-6-18(23)22-12-10-21(11-13-22)17-5-2-7-19-14-17/h2,5,7,14,16H,3-4,6,8-13,15H2,1H3/t16-/m0/s1. The molecule has 0 spiro atoms. The van der Waals surface area contributed by atoms with Crippen LogP contribution in [0.3, 0.4) is 0 Å². The minimum absolute atomic E-state index is 0.314. The number of rotatable bonds is 4. The van der Waals surface area contributed by atoms with E-state index in [0.717, 1.165) is 57.4 Å². The summed E-state index contributed by atoms with van der Waals surface area (Å²) in [6, 6.07) is 4.05. The number of anilines is 1. The number of nitrogens with zero attached hydrogens (tertiary/aromatic N) is 4. The van der Waals surface area contributed by atoms with Crippen molar-refractivity contribution in [1.29, 1.82) is 0 Å². The van der Waals surface area contributed by atoms with Gasteiger partial charge in [-0.1, -0.05) is 6.92 Å². The van der Waals surface area contributed by atoms with E-state index < -0.39 is 0 Å². The quantitative estimate of drug-likeness (QED) is 0.850. The van der Waals surface area contributed by atoms with Crippen molar-refractivity contribution in [3.8, 4) is 0 Å². The van der Waals surface area contributed by atoms with Gasteiger partial charge in [-0.2, -0.15) is 0 Å². The van der Waals surface area contributed by atoms with Crippen LogP contribution in [0.2, 0.25) is 0 Å². The molecule has 0 aromatic carbocycles. The highest BCUT2D eigenvalue weighted by atomic mass is 16.2. The Morgan fingerprint density at radius 3 is 2.78 bits per heavy atom. The van der Waals surface area contributed by atoms with Crippen molar-refractivity contribution in [2.24, 2.45) is 5.92 Å². The second-order valence-electron chi connectivity index (χ2n) is 6.88. The fraction of sp³-hybridized carbons (Fsp3) is 0.667. The number of amides is 1. The molecule has 2 fully saturated rings. The maximum atomic E-state index is 12.4. The summed E-state index contributed by atoms with van der Waals surface area (Å²) in [6.07, 6.45) is 6.97. The molecule has 0 aliphatic carbocycles. The summed E-state index contributed by atoms with van der Waals surface area (Å²) in [5.41, 5.74) is 1.15. The van der Waals surface area contributed by atoms with Crippen molar-refractivity contribution in [2.75, 3.05) is 50.7 Å². The predicted molar refractivity (Wildman–Crippen MR) is 92.5 cm³/mol. The van der Waals surface area contributed by atoms with E-state index >= 15 is 0 Å². The largest absolute Gasteiger partial charge is 0.367 e. The second-order valence-corrected chi connectivity index (χ2v) is 6.88. The van der Waals surface area contributed by atoms with Crippen molar-refractivity contribution in [3.05, 3.63) is 24.5 Å². The maximum absolute atomic E-state index is 12.4. The number of aromatic nitrogens is 1. The van der Waals surface area contributed by atoms with E-state index in [2.05, 4.69) is 27.8 Å². The van der Waals surface area contributed by atoms with Crippen molar-refractivity contribution in [1.82, 2.24) is 14.8 Å². The first-order valence-corrected chi connectivity index (χ1v) is 8.87. The summed E-state index contributed by atoms with van der Waals surface area (Å²) in [5.74, 6) is 1.09. The summed E-state index contributed by atoms with van der Waals surface area (Å²) in [7, 11) is 0. The summed E-state index contributed by atoms with van der Waals surface area (Å²) in [6.45, 7) is 9.00. The Morgan fingerprint density at radius 1 is 1.26 bits per heavy atom. The fourth-order valence-electron chi connectivity index (χ4n) is 3.66. The Morgan fingerprint density at radius 2 is 2.09 bits per heavy atom. The molecule has 126 valence electrons. The fourth-order valence-corrected chi connectivity index (χ4v) is 3.66. The van der Waals surface area contributed by atoms with Crippen LogP contribution in [0.5, 0.6) is 0 Å². The molecule has 0 saturated carbocycles. The Hall–Kier alpha value is -1.62. The lowest BCUT2D eigenvalue weighted by Gasteiger charge is -2.36. The van der Waals surface area contributed by atoms with Gasteiger partial charge in [0.15, 0.2) is 0 Å². The van der Waals surface area contributed by atoms with Gasteiger partial charge in [0.1, 0.15) is 0 Å². The zero-order valence-corrected chi connectivity index (χ0v) is 14.2. The molecule has 1 amide bonds. The minimum Gasteiger partial charge on any atom is -0.367 e. The van der Waals surface area contributed by atoms with Crippen LogP contribution >= 0.6 is 0 Å². The Balaban J connectivity index is 1.41. The zero-order valence-electron chi connectivity index (χ0n) is 14.2. The summed E-state index contributed by atoms with van der Waals surface area (Å²) in [5, 5.41) is 0. The van der Waals surface area contributed by atoms with E-state index in [4.69, 9.17) is 0 Å². The molecule has 1 atom stereocenters. The molecule has 3 heterocycles.